The lowest BCUT2D eigenvalue weighted by Gasteiger charge is -2.37. The van der Waals surface area contributed by atoms with Gasteiger partial charge in [0.2, 0.25) is 10.0 Å². The topological polar surface area (TPSA) is 70.2 Å². The van der Waals surface area contributed by atoms with Gasteiger partial charge < -0.3 is 4.98 Å². The van der Waals surface area contributed by atoms with Crippen molar-refractivity contribution in [3.05, 3.63) is 27.6 Å². The Labute approximate surface area is 117 Å². The molecule has 0 unspecified atom stereocenters. The molecule has 2 heterocycles. The number of sulfonamides is 1. The van der Waals surface area contributed by atoms with Gasteiger partial charge in [0.15, 0.2) is 0 Å². The highest BCUT2D eigenvalue weighted by molar-refractivity contribution is 7.89. The standard InChI is InChI=1S/C12H17ClN2O3S/c1-8-4-3-5-9(2)15(8)19(17,18)10-6-11(13)12(16)14-7-10/h6-9H,3-5H2,1-2H3,(H,14,16)/t8-,9+. The fraction of sp³-hybridized carbons (Fsp3) is 0.583. The molecule has 1 aromatic rings. The molecule has 0 aromatic carbocycles. The Bertz CT molecular complexity index is 616. The van der Waals surface area contributed by atoms with Crippen LogP contribution in [0.5, 0.6) is 0 Å². The fourth-order valence-corrected chi connectivity index (χ4v) is 4.69. The lowest BCUT2D eigenvalue weighted by atomic mass is 10.0. The Kier molecular flexibility index (Phi) is 4.03. The second-order valence-corrected chi connectivity index (χ2v) is 7.23. The van der Waals surface area contributed by atoms with Crippen molar-refractivity contribution >= 4 is 21.6 Å². The Hall–Kier alpha value is -0.850. The molecule has 0 aliphatic carbocycles. The number of nitrogens with zero attached hydrogens (tertiary/aromatic N) is 1. The number of hydrogen-bond donors (Lipinski definition) is 1. The number of piperidine rings is 1. The Morgan fingerprint density at radius 1 is 1.32 bits per heavy atom. The minimum Gasteiger partial charge on any atom is -0.326 e. The summed E-state index contributed by atoms with van der Waals surface area (Å²) in [4.78, 5) is 13.6. The van der Waals surface area contributed by atoms with E-state index in [0.29, 0.717) is 0 Å². The highest BCUT2D eigenvalue weighted by Gasteiger charge is 2.35. The Morgan fingerprint density at radius 2 is 1.89 bits per heavy atom. The first-order chi connectivity index (χ1) is 8.84. The molecule has 1 saturated heterocycles. The number of pyridine rings is 1. The van der Waals surface area contributed by atoms with Crippen molar-refractivity contribution < 1.29 is 8.42 Å². The molecule has 0 spiro atoms. The van der Waals surface area contributed by atoms with Gasteiger partial charge in [-0.15, -0.1) is 0 Å². The molecular weight excluding hydrogens is 288 g/mol. The average molecular weight is 305 g/mol. The van der Waals surface area contributed by atoms with Gasteiger partial charge in [0.05, 0.1) is 4.90 Å². The fourth-order valence-electron chi connectivity index (χ4n) is 2.58. The Morgan fingerprint density at radius 3 is 2.42 bits per heavy atom. The summed E-state index contributed by atoms with van der Waals surface area (Å²) in [6.07, 6.45) is 3.93. The Balaban J connectivity index is 2.46. The molecule has 2 atom stereocenters. The van der Waals surface area contributed by atoms with Crippen LogP contribution in [-0.2, 0) is 10.0 Å². The first-order valence-corrected chi connectivity index (χ1v) is 8.07. The lowest BCUT2D eigenvalue weighted by Crippen LogP contribution is -2.47. The third-order valence-corrected chi connectivity index (χ3v) is 5.91. The predicted molar refractivity (Wildman–Crippen MR) is 73.9 cm³/mol. The number of H-pyrrole nitrogens is 1. The third-order valence-electron chi connectivity index (χ3n) is 3.52. The summed E-state index contributed by atoms with van der Waals surface area (Å²) in [5, 5.41) is -0.113. The van der Waals surface area contributed by atoms with Gasteiger partial charge in [0.25, 0.3) is 5.56 Å². The molecule has 1 aliphatic rings. The molecule has 5 nitrogen and oxygen atoms in total. The zero-order chi connectivity index (χ0) is 14.2. The van der Waals surface area contributed by atoms with Crippen molar-refractivity contribution in [3.8, 4) is 0 Å². The van der Waals surface area contributed by atoms with Gasteiger partial charge in [-0.1, -0.05) is 18.0 Å². The predicted octanol–water partition coefficient (Wildman–Crippen LogP) is 1.98. The molecule has 0 radical (unpaired) electrons. The van der Waals surface area contributed by atoms with E-state index in [-0.39, 0.29) is 22.0 Å². The van der Waals surface area contributed by atoms with Crippen LogP contribution in [-0.4, -0.2) is 29.8 Å². The van der Waals surface area contributed by atoms with E-state index in [0.717, 1.165) is 19.3 Å². The van der Waals surface area contributed by atoms with Gasteiger partial charge in [0, 0.05) is 18.3 Å². The van der Waals surface area contributed by atoms with Gasteiger partial charge >= 0.3 is 0 Å². The van der Waals surface area contributed by atoms with Crippen LogP contribution in [0.2, 0.25) is 5.02 Å². The summed E-state index contributed by atoms with van der Waals surface area (Å²) in [5.74, 6) is 0. The zero-order valence-corrected chi connectivity index (χ0v) is 12.5. The first-order valence-electron chi connectivity index (χ1n) is 6.26. The van der Waals surface area contributed by atoms with E-state index in [9.17, 15) is 13.2 Å². The molecule has 1 N–H and O–H groups in total. The minimum atomic E-state index is -3.62. The normalized spacial score (nSPS) is 25.4. The maximum atomic E-state index is 12.6. The smallest absolute Gasteiger partial charge is 0.266 e. The number of nitrogens with one attached hydrogen (secondary N) is 1. The molecule has 0 bridgehead atoms. The summed E-state index contributed by atoms with van der Waals surface area (Å²) in [6.45, 7) is 3.81. The van der Waals surface area contributed by atoms with Crippen LogP contribution >= 0.6 is 11.6 Å². The number of halogens is 1. The number of rotatable bonds is 2. The van der Waals surface area contributed by atoms with E-state index >= 15 is 0 Å². The molecule has 7 heteroatoms. The van der Waals surface area contributed by atoms with E-state index in [1.54, 1.807) is 0 Å². The van der Waals surface area contributed by atoms with E-state index in [1.807, 2.05) is 13.8 Å². The van der Waals surface area contributed by atoms with Gasteiger partial charge in [-0.05, 0) is 32.8 Å². The largest absolute Gasteiger partial charge is 0.326 e. The zero-order valence-electron chi connectivity index (χ0n) is 10.9. The maximum Gasteiger partial charge on any atom is 0.266 e. The van der Waals surface area contributed by atoms with Gasteiger partial charge in [-0.3, -0.25) is 4.79 Å². The molecule has 0 saturated carbocycles. The van der Waals surface area contributed by atoms with E-state index in [1.165, 1.54) is 16.6 Å². The second-order valence-electron chi connectivity index (χ2n) is 4.98. The molecule has 1 fully saturated rings. The second kappa shape index (κ2) is 5.26. The molecule has 1 aromatic heterocycles. The van der Waals surface area contributed by atoms with Crippen LogP contribution in [0.1, 0.15) is 33.1 Å². The number of hydrogen-bond acceptors (Lipinski definition) is 3. The van der Waals surface area contributed by atoms with Crippen molar-refractivity contribution in [1.82, 2.24) is 9.29 Å². The molecule has 106 valence electrons. The van der Waals surface area contributed by atoms with Crippen LogP contribution in [0.15, 0.2) is 22.0 Å². The summed E-state index contributed by atoms with van der Waals surface area (Å²) in [7, 11) is -3.62. The monoisotopic (exact) mass is 304 g/mol. The highest BCUT2D eigenvalue weighted by Crippen LogP contribution is 2.29. The van der Waals surface area contributed by atoms with Crippen LogP contribution < -0.4 is 5.56 Å². The van der Waals surface area contributed by atoms with E-state index in [2.05, 4.69) is 4.98 Å². The highest BCUT2D eigenvalue weighted by atomic mass is 35.5. The third kappa shape index (κ3) is 2.70. The van der Waals surface area contributed by atoms with Crippen molar-refractivity contribution in [2.45, 2.75) is 50.1 Å². The van der Waals surface area contributed by atoms with Crippen molar-refractivity contribution in [2.24, 2.45) is 0 Å². The summed E-state index contributed by atoms with van der Waals surface area (Å²) >= 11 is 5.70. The molecular formula is C12H17ClN2O3S. The molecule has 1 aliphatic heterocycles. The van der Waals surface area contributed by atoms with Crippen LogP contribution in [0.25, 0.3) is 0 Å². The number of aromatic nitrogens is 1. The minimum absolute atomic E-state index is 0.0395. The molecule has 0 amide bonds. The van der Waals surface area contributed by atoms with E-state index < -0.39 is 15.6 Å². The maximum absolute atomic E-state index is 12.6. The van der Waals surface area contributed by atoms with Crippen LogP contribution in [0, 0.1) is 0 Å². The summed E-state index contributed by atoms with van der Waals surface area (Å²) < 4.78 is 26.7. The van der Waals surface area contributed by atoms with Gasteiger partial charge in [-0.2, -0.15) is 4.31 Å². The first kappa shape index (κ1) is 14.6. The van der Waals surface area contributed by atoms with Crippen LogP contribution in [0.3, 0.4) is 0 Å². The average Bonchev–Trinajstić information content (AvgIpc) is 2.32. The van der Waals surface area contributed by atoms with Crippen molar-refractivity contribution in [1.29, 1.82) is 0 Å². The van der Waals surface area contributed by atoms with Crippen molar-refractivity contribution in [2.75, 3.05) is 0 Å². The van der Waals surface area contributed by atoms with Gasteiger partial charge in [0.1, 0.15) is 5.02 Å². The number of aromatic amines is 1. The quantitative estimate of drug-likeness (QED) is 0.908. The van der Waals surface area contributed by atoms with Crippen LogP contribution in [0.4, 0.5) is 0 Å². The lowest BCUT2D eigenvalue weighted by molar-refractivity contribution is 0.204. The SMILES string of the molecule is C[C@@H]1CCC[C@H](C)N1S(=O)(=O)c1c[nH]c(=O)c(Cl)c1. The summed E-state index contributed by atoms with van der Waals surface area (Å²) in [6, 6.07) is 1.13. The van der Waals surface area contributed by atoms with E-state index in [4.69, 9.17) is 11.6 Å². The summed E-state index contributed by atoms with van der Waals surface area (Å²) in [5.41, 5.74) is -0.486. The molecule has 2 rings (SSSR count). The molecule has 19 heavy (non-hydrogen) atoms. The van der Waals surface area contributed by atoms with Gasteiger partial charge in [-0.25, -0.2) is 8.42 Å². The van der Waals surface area contributed by atoms with Crippen molar-refractivity contribution in [3.63, 3.8) is 0 Å².